The second kappa shape index (κ2) is 6.57. The topological polar surface area (TPSA) is 82.8 Å². The van der Waals surface area contributed by atoms with E-state index in [1.165, 1.54) is 12.1 Å². The van der Waals surface area contributed by atoms with E-state index in [4.69, 9.17) is 10.3 Å². The summed E-state index contributed by atoms with van der Waals surface area (Å²) in [6.07, 6.45) is 5.26. The van der Waals surface area contributed by atoms with Gasteiger partial charge in [-0.05, 0) is 49.9 Å². The molecule has 1 aliphatic carbocycles. The van der Waals surface area contributed by atoms with Gasteiger partial charge < -0.3 is 10.3 Å². The lowest BCUT2D eigenvalue weighted by Gasteiger charge is -2.34. The fourth-order valence-corrected chi connectivity index (χ4v) is 3.01. The maximum Gasteiger partial charge on any atom is 0.261 e. The molecule has 0 radical (unpaired) electrons. The number of nitrogens with zero attached hydrogens (tertiary/aromatic N) is 4. The predicted molar refractivity (Wildman–Crippen MR) is 93.2 cm³/mol. The Morgan fingerprint density at radius 1 is 1.28 bits per heavy atom. The molecule has 0 aliphatic heterocycles. The molecule has 0 unspecified atom stereocenters. The average molecular weight is 364 g/mol. The molecule has 1 aliphatic rings. The molecule has 2 heterocycles. The van der Waals surface area contributed by atoms with E-state index in [-0.39, 0.29) is 18.2 Å². The van der Waals surface area contributed by atoms with Crippen LogP contribution in [0.15, 0.2) is 35.0 Å². The van der Waals surface area contributed by atoms with Crippen molar-refractivity contribution in [2.45, 2.75) is 38.1 Å². The van der Waals surface area contributed by atoms with Crippen LogP contribution in [0.1, 0.15) is 37.7 Å². The van der Waals surface area contributed by atoms with Crippen molar-refractivity contribution in [1.29, 1.82) is 0 Å². The third kappa shape index (κ3) is 2.94. The van der Waals surface area contributed by atoms with Crippen LogP contribution in [0.2, 0.25) is 0 Å². The first-order valence-electron chi connectivity index (χ1n) is 8.07. The third-order valence-corrected chi connectivity index (χ3v) is 4.62. The highest BCUT2D eigenvalue weighted by atomic mass is 35.5. The Kier molecular flexibility index (Phi) is 4.62. The van der Waals surface area contributed by atoms with Gasteiger partial charge >= 0.3 is 0 Å². The van der Waals surface area contributed by atoms with Gasteiger partial charge in [-0.2, -0.15) is 10.1 Å². The lowest BCUT2D eigenvalue weighted by atomic mass is 9.77. The summed E-state index contributed by atoms with van der Waals surface area (Å²) in [6, 6.07) is 6.20. The average Bonchev–Trinajstić information content (AvgIpc) is 3.19. The third-order valence-electron chi connectivity index (χ3n) is 4.62. The number of aromatic nitrogens is 4. The van der Waals surface area contributed by atoms with Crippen molar-refractivity contribution in [3.63, 3.8) is 0 Å². The van der Waals surface area contributed by atoms with Gasteiger partial charge in [0, 0.05) is 0 Å². The number of hydrogen-bond donors (Lipinski definition) is 1. The van der Waals surface area contributed by atoms with Crippen LogP contribution in [-0.4, -0.2) is 19.9 Å². The molecule has 1 aromatic carbocycles. The molecule has 0 amide bonds. The molecular formula is C17H19ClFN5O. The van der Waals surface area contributed by atoms with Crippen LogP contribution in [0.25, 0.3) is 17.1 Å². The molecule has 8 heteroatoms. The van der Waals surface area contributed by atoms with E-state index in [1.807, 2.05) is 6.92 Å². The minimum absolute atomic E-state index is 0. The maximum absolute atomic E-state index is 13.1. The Labute approximate surface area is 150 Å². The van der Waals surface area contributed by atoms with Gasteiger partial charge in [0.15, 0.2) is 5.82 Å². The van der Waals surface area contributed by atoms with E-state index in [9.17, 15) is 4.39 Å². The van der Waals surface area contributed by atoms with E-state index in [2.05, 4.69) is 15.2 Å². The Morgan fingerprint density at radius 2 is 2.00 bits per heavy atom. The summed E-state index contributed by atoms with van der Waals surface area (Å²) in [5.74, 6) is 0.701. The minimum Gasteiger partial charge on any atom is -0.334 e. The highest BCUT2D eigenvalue weighted by Gasteiger charge is 2.39. The van der Waals surface area contributed by atoms with Crippen molar-refractivity contribution in [3.8, 4) is 17.1 Å². The normalized spacial score (nSPS) is 15.5. The van der Waals surface area contributed by atoms with Gasteiger partial charge in [-0.15, -0.1) is 12.4 Å². The van der Waals surface area contributed by atoms with Crippen molar-refractivity contribution in [2.75, 3.05) is 0 Å². The van der Waals surface area contributed by atoms with Gasteiger partial charge in [0.2, 0.25) is 0 Å². The van der Waals surface area contributed by atoms with Gasteiger partial charge in [0.25, 0.3) is 5.89 Å². The molecular weight excluding hydrogens is 345 g/mol. The molecule has 132 valence electrons. The lowest BCUT2D eigenvalue weighted by Crippen LogP contribution is -2.44. The zero-order valence-corrected chi connectivity index (χ0v) is 14.6. The lowest BCUT2D eigenvalue weighted by molar-refractivity contribution is 0.229. The van der Waals surface area contributed by atoms with E-state index >= 15 is 0 Å². The summed E-state index contributed by atoms with van der Waals surface area (Å²) in [4.78, 5) is 4.49. The number of rotatable bonds is 4. The quantitative estimate of drug-likeness (QED) is 0.768. The predicted octanol–water partition coefficient (Wildman–Crippen LogP) is 3.38. The van der Waals surface area contributed by atoms with Crippen molar-refractivity contribution in [2.24, 2.45) is 5.73 Å². The molecule has 1 saturated carbocycles. The van der Waals surface area contributed by atoms with Gasteiger partial charge in [0.05, 0.1) is 28.7 Å². The first-order chi connectivity index (χ1) is 11.6. The molecule has 2 aromatic heterocycles. The summed E-state index contributed by atoms with van der Waals surface area (Å²) in [5, 5.41) is 8.46. The first kappa shape index (κ1) is 17.6. The molecule has 3 aromatic rings. The van der Waals surface area contributed by atoms with Crippen molar-refractivity contribution < 1.29 is 8.91 Å². The number of halogens is 2. The van der Waals surface area contributed by atoms with Crippen LogP contribution in [0.4, 0.5) is 4.39 Å². The van der Waals surface area contributed by atoms with Gasteiger partial charge in [0.1, 0.15) is 5.82 Å². The van der Waals surface area contributed by atoms with E-state index in [0.717, 1.165) is 42.6 Å². The molecule has 0 spiro atoms. The second-order valence-electron chi connectivity index (χ2n) is 6.18. The zero-order valence-electron chi connectivity index (χ0n) is 13.8. The van der Waals surface area contributed by atoms with Crippen LogP contribution >= 0.6 is 12.4 Å². The Hall–Kier alpha value is -2.25. The van der Waals surface area contributed by atoms with Gasteiger partial charge in [-0.25, -0.2) is 9.07 Å². The van der Waals surface area contributed by atoms with Crippen molar-refractivity contribution in [3.05, 3.63) is 47.8 Å². The summed E-state index contributed by atoms with van der Waals surface area (Å²) in [6.45, 7) is 2.02. The number of nitrogens with two attached hydrogens (primary N) is 1. The Bertz CT molecular complexity index is 870. The largest absolute Gasteiger partial charge is 0.334 e. The maximum atomic E-state index is 13.1. The zero-order chi connectivity index (χ0) is 16.7. The molecule has 4 rings (SSSR count). The number of benzene rings is 1. The van der Waals surface area contributed by atoms with Crippen LogP contribution in [0.5, 0.6) is 0 Å². The van der Waals surface area contributed by atoms with Crippen LogP contribution in [0, 0.1) is 5.82 Å². The monoisotopic (exact) mass is 363 g/mol. The van der Waals surface area contributed by atoms with E-state index < -0.39 is 5.54 Å². The minimum atomic E-state index is -0.457. The van der Waals surface area contributed by atoms with E-state index in [1.54, 1.807) is 23.0 Å². The molecule has 25 heavy (non-hydrogen) atoms. The fourth-order valence-electron chi connectivity index (χ4n) is 3.01. The highest BCUT2D eigenvalue weighted by molar-refractivity contribution is 5.85. The summed E-state index contributed by atoms with van der Waals surface area (Å²) in [7, 11) is 0. The molecule has 0 bridgehead atoms. The van der Waals surface area contributed by atoms with Crippen LogP contribution in [0.3, 0.4) is 0 Å². The molecule has 0 saturated heterocycles. The van der Waals surface area contributed by atoms with Crippen LogP contribution in [-0.2, 0) is 12.0 Å². The Balaban J connectivity index is 0.00000182. The van der Waals surface area contributed by atoms with E-state index in [0.29, 0.717) is 11.7 Å². The Morgan fingerprint density at radius 3 is 2.60 bits per heavy atom. The summed E-state index contributed by atoms with van der Waals surface area (Å²) < 4.78 is 20.3. The second-order valence-corrected chi connectivity index (χ2v) is 6.18. The highest BCUT2D eigenvalue weighted by Crippen LogP contribution is 2.38. The van der Waals surface area contributed by atoms with Crippen LogP contribution < -0.4 is 5.73 Å². The molecule has 6 nitrogen and oxygen atoms in total. The fraction of sp³-hybridized carbons (Fsp3) is 0.353. The van der Waals surface area contributed by atoms with Gasteiger partial charge in [-0.1, -0.05) is 12.1 Å². The molecule has 2 N–H and O–H groups in total. The molecule has 1 fully saturated rings. The standard InChI is InChI=1S/C17H18FN5O.ClH/c1-2-14-13(10-20-23(14)12-6-4-11(18)5-7-12)15-21-16(22-24-15)17(19)8-3-9-17;/h4-7,10H,2-3,8-9,19H2,1H3;1H. The molecule has 0 atom stereocenters. The van der Waals surface area contributed by atoms with Crippen molar-refractivity contribution in [1.82, 2.24) is 19.9 Å². The summed E-state index contributed by atoms with van der Waals surface area (Å²) in [5.41, 5.74) is 8.29. The number of hydrogen-bond acceptors (Lipinski definition) is 5. The SMILES string of the molecule is CCc1c(-c2nc(C3(N)CCC3)no2)cnn1-c1ccc(F)cc1.Cl. The first-order valence-corrected chi connectivity index (χ1v) is 8.07. The van der Waals surface area contributed by atoms with Gasteiger partial charge in [-0.3, -0.25) is 0 Å². The van der Waals surface area contributed by atoms with Crippen molar-refractivity contribution >= 4 is 12.4 Å². The smallest absolute Gasteiger partial charge is 0.261 e. The summed E-state index contributed by atoms with van der Waals surface area (Å²) >= 11 is 0.